The van der Waals surface area contributed by atoms with Gasteiger partial charge >= 0.3 is 0 Å². The van der Waals surface area contributed by atoms with Crippen LogP contribution in [0.5, 0.6) is 0 Å². The number of rotatable bonds is 7. The summed E-state index contributed by atoms with van der Waals surface area (Å²) in [5.74, 6) is 0.181. The first-order valence-electron chi connectivity index (χ1n) is 7.75. The number of hydrogen-bond donors (Lipinski definition) is 0. The molecule has 22 heavy (non-hydrogen) atoms. The Bertz CT molecular complexity index is 715. The van der Waals surface area contributed by atoms with E-state index in [0.717, 1.165) is 35.9 Å². The average Bonchev–Trinajstić information content (AvgIpc) is 2.99. The number of thiazole rings is 1. The van der Waals surface area contributed by atoms with E-state index >= 15 is 0 Å². The van der Waals surface area contributed by atoms with Gasteiger partial charge in [0.15, 0.2) is 10.8 Å². The molecule has 0 bridgehead atoms. The summed E-state index contributed by atoms with van der Waals surface area (Å²) >= 11 is 1.51. The van der Waals surface area contributed by atoms with Gasteiger partial charge in [-0.1, -0.05) is 48.9 Å². The second kappa shape index (κ2) is 7.32. The summed E-state index contributed by atoms with van der Waals surface area (Å²) in [5, 5.41) is 0.657. The molecule has 1 aromatic heterocycles. The van der Waals surface area contributed by atoms with Crippen LogP contribution in [0.25, 0.3) is 10.2 Å². The molecule has 0 amide bonds. The number of carbonyl (C=O) groups is 1. The summed E-state index contributed by atoms with van der Waals surface area (Å²) in [4.78, 5) is 16.6. The number of aryl methyl sites for hydroxylation is 1. The Labute approximate surface area is 134 Å². The highest BCUT2D eigenvalue weighted by Gasteiger charge is 2.11. The number of unbranched alkanes of at least 4 members (excludes halogenated alkanes) is 2. The van der Waals surface area contributed by atoms with Gasteiger partial charge in [0.05, 0.1) is 10.2 Å². The van der Waals surface area contributed by atoms with E-state index in [-0.39, 0.29) is 5.78 Å². The van der Waals surface area contributed by atoms with Crippen molar-refractivity contribution in [3.05, 3.63) is 65.2 Å². The summed E-state index contributed by atoms with van der Waals surface area (Å²) in [6, 6.07) is 18.4. The molecule has 0 fully saturated rings. The van der Waals surface area contributed by atoms with Crippen molar-refractivity contribution in [2.24, 2.45) is 0 Å². The van der Waals surface area contributed by atoms with Crippen molar-refractivity contribution in [3.63, 3.8) is 0 Å². The molecule has 112 valence electrons. The molecule has 0 saturated heterocycles. The van der Waals surface area contributed by atoms with Gasteiger partial charge in [0.2, 0.25) is 0 Å². The molecule has 0 aliphatic heterocycles. The highest BCUT2D eigenvalue weighted by atomic mass is 32.1. The number of para-hydroxylation sites is 1. The van der Waals surface area contributed by atoms with Gasteiger partial charge in [0, 0.05) is 6.42 Å². The Balaban J connectivity index is 1.44. The number of fused-ring (bicyclic) bond motifs is 1. The van der Waals surface area contributed by atoms with Gasteiger partial charge in [-0.05, 0) is 37.0 Å². The lowest BCUT2D eigenvalue weighted by atomic mass is 10.1. The van der Waals surface area contributed by atoms with Crippen LogP contribution in [0.4, 0.5) is 0 Å². The number of hydrogen-bond acceptors (Lipinski definition) is 3. The number of Topliss-reactive ketones (excluding diaryl/α,β-unsaturated/α-hetero) is 1. The Hall–Kier alpha value is -2.00. The molecule has 0 saturated carbocycles. The molecule has 2 nitrogen and oxygen atoms in total. The van der Waals surface area contributed by atoms with Crippen LogP contribution in [0.15, 0.2) is 54.6 Å². The second-order valence-electron chi connectivity index (χ2n) is 5.46. The Morgan fingerprint density at radius 1 is 0.909 bits per heavy atom. The van der Waals surface area contributed by atoms with Crippen LogP contribution < -0.4 is 0 Å². The number of nitrogens with zero attached hydrogens (tertiary/aromatic N) is 1. The van der Waals surface area contributed by atoms with Crippen LogP contribution in [0.1, 0.15) is 41.0 Å². The smallest absolute Gasteiger partial charge is 0.191 e. The Morgan fingerprint density at radius 2 is 1.68 bits per heavy atom. The number of ketones is 1. The van der Waals surface area contributed by atoms with Crippen LogP contribution in [0, 0.1) is 0 Å². The van der Waals surface area contributed by atoms with Crippen molar-refractivity contribution in [2.45, 2.75) is 32.1 Å². The standard InChI is InChI=1S/C19H19NOS/c21-17(19-20-16-12-7-8-14-18(16)22-19)13-6-2-5-11-15-9-3-1-4-10-15/h1,3-4,7-10,12,14H,2,5-6,11,13H2. The van der Waals surface area contributed by atoms with Gasteiger partial charge in [0.1, 0.15) is 0 Å². The van der Waals surface area contributed by atoms with E-state index in [2.05, 4.69) is 29.2 Å². The van der Waals surface area contributed by atoms with E-state index in [4.69, 9.17) is 0 Å². The molecule has 1 heterocycles. The fourth-order valence-electron chi connectivity index (χ4n) is 2.53. The average molecular weight is 309 g/mol. The van der Waals surface area contributed by atoms with Crippen molar-refractivity contribution >= 4 is 27.3 Å². The fraction of sp³-hybridized carbons (Fsp3) is 0.263. The topological polar surface area (TPSA) is 30.0 Å². The lowest BCUT2D eigenvalue weighted by Gasteiger charge is -2.01. The quantitative estimate of drug-likeness (QED) is 0.439. The summed E-state index contributed by atoms with van der Waals surface area (Å²) < 4.78 is 1.09. The first-order chi connectivity index (χ1) is 10.8. The van der Waals surface area contributed by atoms with Gasteiger partial charge in [-0.15, -0.1) is 11.3 Å². The third-order valence-corrected chi connectivity index (χ3v) is 4.82. The van der Waals surface area contributed by atoms with Gasteiger partial charge in [-0.25, -0.2) is 4.98 Å². The number of carbonyl (C=O) groups excluding carboxylic acids is 1. The largest absolute Gasteiger partial charge is 0.292 e. The summed E-state index contributed by atoms with van der Waals surface area (Å²) in [7, 11) is 0. The summed E-state index contributed by atoms with van der Waals surface area (Å²) in [5.41, 5.74) is 2.31. The molecule has 3 aromatic rings. The minimum Gasteiger partial charge on any atom is -0.292 e. The third kappa shape index (κ3) is 3.80. The molecule has 0 atom stereocenters. The first kappa shape index (κ1) is 14.9. The highest BCUT2D eigenvalue weighted by molar-refractivity contribution is 7.20. The molecule has 0 N–H and O–H groups in total. The molecule has 0 aliphatic carbocycles. The number of benzene rings is 2. The summed E-state index contributed by atoms with van der Waals surface area (Å²) in [6.45, 7) is 0. The molecule has 0 unspecified atom stereocenters. The third-order valence-electron chi connectivity index (χ3n) is 3.74. The maximum atomic E-state index is 12.2. The van der Waals surface area contributed by atoms with Gasteiger partial charge in [-0.2, -0.15) is 0 Å². The molecule has 3 heteroatoms. The van der Waals surface area contributed by atoms with Crippen LogP contribution in [0.2, 0.25) is 0 Å². The first-order valence-corrected chi connectivity index (χ1v) is 8.57. The van der Waals surface area contributed by atoms with E-state index in [1.165, 1.54) is 16.9 Å². The predicted molar refractivity (Wildman–Crippen MR) is 92.6 cm³/mol. The molecule has 0 aliphatic rings. The SMILES string of the molecule is O=C(CCCCCc1ccccc1)c1nc2ccccc2s1. The monoisotopic (exact) mass is 309 g/mol. The van der Waals surface area contributed by atoms with Crippen LogP contribution in [-0.4, -0.2) is 10.8 Å². The van der Waals surface area contributed by atoms with Crippen molar-refractivity contribution in [3.8, 4) is 0 Å². The van der Waals surface area contributed by atoms with E-state index in [0.29, 0.717) is 11.4 Å². The molecular weight excluding hydrogens is 290 g/mol. The van der Waals surface area contributed by atoms with Crippen molar-refractivity contribution in [1.82, 2.24) is 4.98 Å². The molecule has 0 spiro atoms. The zero-order chi connectivity index (χ0) is 15.2. The van der Waals surface area contributed by atoms with Crippen LogP contribution in [0.3, 0.4) is 0 Å². The minimum absolute atomic E-state index is 0.181. The van der Waals surface area contributed by atoms with Crippen molar-refractivity contribution in [2.75, 3.05) is 0 Å². The lowest BCUT2D eigenvalue weighted by molar-refractivity contribution is 0.0979. The molecule has 2 aromatic carbocycles. The highest BCUT2D eigenvalue weighted by Crippen LogP contribution is 2.23. The Morgan fingerprint density at radius 3 is 2.50 bits per heavy atom. The Kier molecular flexibility index (Phi) is 4.96. The zero-order valence-electron chi connectivity index (χ0n) is 12.5. The van der Waals surface area contributed by atoms with Crippen LogP contribution in [-0.2, 0) is 6.42 Å². The zero-order valence-corrected chi connectivity index (χ0v) is 13.3. The van der Waals surface area contributed by atoms with E-state index in [1.807, 2.05) is 30.3 Å². The summed E-state index contributed by atoms with van der Waals surface area (Å²) in [6.07, 6.45) is 4.87. The van der Waals surface area contributed by atoms with Crippen LogP contribution >= 0.6 is 11.3 Å². The lowest BCUT2D eigenvalue weighted by Crippen LogP contribution is -1.98. The maximum absolute atomic E-state index is 12.2. The molecular formula is C19H19NOS. The van der Waals surface area contributed by atoms with Gasteiger partial charge < -0.3 is 0 Å². The second-order valence-corrected chi connectivity index (χ2v) is 6.49. The minimum atomic E-state index is 0.181. The van der Waals surface area contributed by atoms with E-state index < -0.39 is 0 Å². The van der Waals surface area contributed by atoms with Crippen molar-refractivity contribution < 1.29 is 4.79 Å². The predicted octanol–water partition coefficient (Wildman–Crippen LogP) is 5.28. The number of aromatic nitrogens is 1. The van der Waals surface area contributed by atoms with Gasteiger partial charge in [-0.3, -0.25) is 4.79 Å². The van der Waals surface area contributed by atoms with Crippen molar-refractivity contribution in [1.29, 1.82) is 0 Å². The van der Waals surface area contributed by atoms with E-state index in [9.17, 15) is 4.79 Å². The van der Waals surface area contributed by atoms with Gasteiger partial charge in [0.25, 0.3) is 0 Å². The normalized spacial score (nSPS) is 10.9. The maximum Gasteiger partial charge on any atom is 0.191 e. The van der Waals surface area contributed by atoms with E-state index in [1.54, 1.807) is 0 Å². The molecule has 0 radical (unpaired) electrons. The molecule has 3 rings (SSSR count). The fourth-order valence-corrected chi connectivity index (χ4v) is 3.47.